The van der Waals surface area contributed by atoms with Gasteiger partial charge in [-0.15, -0.1) is 0 Å². The average molecular weight is 1260 g/mol. The molecule has 0 saturated heterocycles. The van der Waals surface area contributed by atoms with Gasteiger partial charge in [0.1, 0.15) is 34.2 Å². The van der Waals surface area contributed by atoms with Crippen molar-refractivity contribution in [1.29, 1.82) is 0 Å². The Labute approximate surface area is 535 Å². The summed E-state index contributed by atoms with van der Waals surface area (Å²) in [6, 6.07) is 58.4. The summed E-state index contributed by atoms with van der Waals surface area (Å²) >= 11 is 0. The fourth-order valence-electron chi connectivity index (χ4n) is 11.3. The summed E-state index contributed by atoms with van der Waals surface area (Å²) in [5, 5.41) is 33.5. The summed E-state index contributed by atoms with van der Waals surface area (Å²) in [4.78, 5) is 6.93. The maximum Gasteiger partial charge on any atom is 0.250 e. The van der Waals surface area contributed by atoms with E-state index in [9.17, 15) is 10.2 Å². The highest BCUT2D eigenvalue weighted by Crippen LogP contribution is 2.54. The molecule has 1 aliphatic heterocycles. The molecular weight excluding hydrogens is 1160 g/mol. The van der Waals surface area contributed by atoms with Crippen molar-refractivity contribution in [2.24, 2.45) is 0 Å². The molecule has 0 radical (unpaired) electrons. The monoisotopic (exact) mass is 1260 g/mol. The van der Waals surface area contributed by atoms with Crippen LogP contribution in [0.25, 0.3) is 32.7 Å². The molecule has 12 heteroatoms. The maximum absolute atomic E-state index is 14.8. The summed E-state index contributed by atoms with van der Waals surface area (Å²) in [6.07, 6.45) is 3.69. The van der Waals surface area contributed by atoms with Crippen LogP contribution in [0.2, 0.25) is 72.5 Å². The first-order valence-corrected chi connectivity index (χ1v) is 43.4. The highest BCUT2D eigenvalue weighted by Gasteiger charge is 2.46. The number of nitrogens with zero attached hydrogens (tertiary/aromatic N) is 2. The van der Waals surface area contributed by atoms with Crippen LogP contribution < -0.4 is 22.6 Å². The standard InChI is InChI=1S/C77H96N2O6Si4/c1-72(2,3)86(13,14)82-60-37-29-55(30-38-60)76(80,56-31-39-61(40-32-56)83-87(15,16)73(4,5)6)68-49-53-25-21-23-27-64(53)70-66(68)51-79(59-45-47-78-48-46-59)52-67-69(50-54-26-22-24-28-65(54)71(67)70)77(81,57-33-41-62(42-34-57)84-88(17,18)74(7,8)9)58-35-43-63(44-36-58)85-89(19,20)75(10,11)12/h21-50,80-81H,51-52H2,1-20H3. The van der Waals surface area contributed by atoms with Gasteiger partial charge in [-0.1, -0.05) is 180 Å². The van der Waals surface area contributed by atoms with Gasteiger partial charge in [0.05, 0.1) is 0 Å². The lowest BCUT2D eigenvalue weighted by Gasteiger charge is -2.37. The minimum absolute atomic E-state index is 0.0194. The van der Waals surface area contributed by atoms with Gasteiger partial charge in [0.2, 0.25) is 33.3 Å². The zero-order valence-electron chi connectivity index (χ0n) is 56.7. The van der Waals surface area contributed by atoms with Gasteiger partial charge in [-0.3, -0.25) is 4.98 Å². The summed E-state index contributed by atoms with van der Waals surface area (Å²) < 4.78 is 27.7. The van der Waals surface area contributed by atoms with Crippen molar-refractivity contribution < 1.29 is 27.9 Å². The molecule has 0 bridgehead atoms. The van der Waals surface area contributed by atoms with Crippen LogP contribution in [0, 0.1) is 0 Å². The number of aliphatic hydroxyl groups is 2. The first kappa shape index (κ1) is 65.2. The second-order valence-corrected chi connectivity index (χ2v) is 49.9. The Bertz CT molecular complexity index is 3640. The number of fused-ring (bicyclic) bond motifs is 7. The van der Waals surface area contributed by atoms with Crippen LogP contribution in [0.1, 0.15) is 128 Å². The van der Waals surface area contributed by atoms with E-state index >= 15 is 0 Å². The lowest BCUT2D eigenvalue weighted by molar-refractivity contribution is 0.124. The van der Waals surface area contributed by atoms with Crippen LogP contribution in [0.3, 0.4) is 0 Å². The molecular formula is C77H96N2O6Si4. The molecule has 466 valence electrons. The predicted octanol–water partition coefficient (Wildman–Crippen LogP) is 20.7. The molecule has 8 aromatic carbocycles. The van der Waals surface area contributed by atoms with Gasteiger partial charge in [0, 0.05) is 31.2 Å². The minimum Gasteiger partial charge on any atom is -0.544 e. The first-order chi connectivity index (χ1) is 41.4. The third-order valence-electron chi connectivity index (χ3n) is 20.9. The van der Waals surface area contributed by atoms with Crippen molar-refractivity contribution in [2.75, 3.05) is 4.90 Å². The lowest BCUT2D eigenvalue weighted by atomic mass is 9.73. The molecule has 0 fully saturated rings. The molecule has 8 nitrogen and oxygen atoms in total. The molecule has 1 aliphatic rings. The van der Waals surface area contributed by atoms with E-state index in [4.69, 9.17) is 17.7 Å². The first-order valence-electron chi connectivity index (χ1n) is 31.7. The predicted molar refractivity (Wildman–Crippen MR) is 382 cm³/mol. The Morgan fingerprint density at radius 3 is 0.876 bits per heavy atom. The van der Waals surface area contributed by atoms with Crippen molar-refractivity contribution in [2.45, 2.75) is 180 Å². The number of rotatable bonds is 15. The van der Waals surface area contributed by atoms with Crippen molar-refractivity contribution in [1.82, 2.24) is 4.98 Å². The third-order valence-corrected chi connectivity index (χ3v) is 38.3. The van der Waals surface area contributed by atoms with E-state index in [1.807, 2.05) is 109 Å². The van der Waals surface area contributed by atoms with E-state index in [2.05, 4.69) is 218 Å². The van der Waals surface area contributed by atoms with Crippen LogP contribution in [0.15, 0.2) is 182 Å². The molecule has 0 saturated carbocycles. The highest BCUT2D eigenvalue weighted by molar-refractivity contribution is 6.76. The van der Waals surface area contributed by atoms with E-state index in [1.165, 1.54) is 0 Å². The zero-order valence-corrected chi connectivity index (χ0v) is 60.7. The Kier molecular flexibility index (Phi) is 17.0. The van der Waals surface area contributed by atoms with Crippen LogP contribution in [-0.4, -0.2) is 48.5 Å². The number of hydrogen-bond donors (Lipinski definition) is 2. The van der Waals surface area contributed by atoms with Gasteiger partial charge in [-0.2, -0.15) is 0 Å². The summed E-state index contributed by atoms with van der Waals surface area (Å²) in [6.45, 7) is 45.9. The molecule has 0 atom stereocenters. The number of anilines is 1. The molecule has 10 rings (SSSR count). The molecule has 1 aromatic heterocycles. The third kappa shape index (κ3) is 12.3. The molecule has 2 heterocycles. The SMILES string of the molecule is CC(C)(C)[Si](C)(C)Oc1ccc(C(O)(c2ccc(O[Si](C)(C)C(C)(C)C)cc2)c2cc3ccccc3c3c2CN(c2ccncc2)Cc2c(C(O)(c4ccc(O[Si](C)(C)C(C)(C)C)cc4)c4ccc(O[Si](C)(C)C(C)(C)C)cc4)cc4ccccc4c2-3)cc1. The van der Waals surface area contributed by atoms with Gasteiger partial charge in [0.15, 0.2) is 0 Å². The van der Waals surface area contributed by atoms with Crippen LogP contribution in [0.5, 0.6) is 23.0 Å². The molecule has 2 N–H and O–H groups in total. The lowest BCUT2D eigenvalue weighted by Crippen LogP contribution is -2.43. The van der Waals surface area contributed by atoms with E-state index in [-0.39, 0.29) is 20.2 Å². The van der Waals surface area contributed by atoms with Gasteiger partial charge >= 0.3 is 0 Å². The number of aromatic nitrogens is 1. The van der Waals surface area contributed by atoms with Crippen LogP contribution in [0.4, 0.5) is 5.69 Å². The quantitative estimate of drug-likeness (QED) is 0.0775. The molecule has 0 amide bonds. The van der Waals surface area contributed by atoms with E-state index in [0.717, 1.165) is 83.6 Å². The zero-order chi connectivity index (χ0) is 64.7. The van der Waals surface area contributed by atoms with E-state index in [1.54, 1.807) is 0 Å². The van der Waals surface area contributed by atoms with Crippen LogP contribution in [-0.2, 0) is 24.3 Å². The van der Waals surface area contributed by atoms with Gasteiger partial charge in [-0.05, 0) is 223 Å². The van der Waals surface area contributed by atoms with Crippen molar-refractivity contribution in [3.05, 3.63) is 227 Å². The van der Waals surface area contributed by atoms with Crippen molar-refractivity contribution in [3.63, 3.8) is 0 Å². The second-order valence-electron chi connectivity index (χ2n) is 31.0. The molecule has 0 aliphatic carbocycles. The highest BCUT2D eigenvalue weighted by atomic mass is 28.4. The minimum atomic E-state index is -2.24. The Hall–Kier alpha value is -6.78. The largest absolute Gasteiger partial charge is 0.544 e. The van der Waals surface area contributed by atoms with Gasteiger partial charge in [-0.25, -0.2) is 0 Å². The Morgan fingerprint density at radius 1 is 0.360 bits per heavy atom. The maximum atomic E-state index is 14.8. The van der Waals surface area contributed by atoms with Crippen molar-refractivity contribution in [3.8, 4) is 34.1 Å². The number of pyridine rings is 1. The van der Waals surface area contributed by atoms with E-state index < -0.39 is 44.5 Å². The Balaban J connectivity index is 1.30. The summed E-state index contributed by atoms with van der Waals surface area (Å²) in [5.41, 5.74) is 5.67. The number of benzene rings is 8. The fraction of sp³-hybridized carbons (Fsp3) is 0.364. The molecule has 89 heavy (non-hydrogen) atoms. The Morgan fingerprint density at radius 2 is 0.618 bits per heavy atom. The summed E-state index contributed by atoms with van der Waals surface area (Å²) in [7, 11) is -8.94. The summed E-state index contributed by atoms with van der Waals surface area (Å²) in [5.74, 6) is 3.10. The van der Waals surface area contributed by atoms with Crippen LogP contribution >= 0.6 is 0 Å². The molecule has 0 spiro atoms. The van der Waals surface area contributed by atoms with E-state index in [0.29, 0.717) is 35.3 Å². The number of hydrogen-bond acceptors (Lipinski definition) is 8. The van der Waals surface area contributed by atoms with Crippen molar-refractivity contribution >= 4 is 60.5 Å². The molecule has 0 unspecified atom stereocenters. The fourth-order valence-corrected chi connectivity index (χ4v) is 15.4. The molecule has 9 aromatic rings. The van der Waals surface area contributed by atoms with Gasteiger partial charge < -0.3 is 32.8 Å². The topological polar surface area (TPSA) is 93.5 Å². The normalized spacial score (nSPS) is 14.1. The average Bonchev–Trinajstić information content (AvgIpc) is 1.73. The second kappa shape index (κ2) is 23.2. The van der Waals surface area contributed by atoms with Gasteiger partial charge in [0.25, 0.3) is 0 Å². The smallest absolute Gasteiger partial charge is 0.250 e.